The SMILES string of the molecule is N#Cc1cc([N+](=O)[O-])cn(C[C@H]2CC2(Cl)Cl)c1=O. The van der Waals surface area contributed by atoms with Gasteiger partial charge in [0.1, 0.15) is 16.0 Å². The second kappa shape index (κ2) is 4.26. The molecule has 1 aliphatic carbocycles. The smallest absolute Gasteiger partial charge is 0.287 e. The Morgan fingerprint density at radius 1 is 1.67 bits per heavy atom. The van der Waals surface area contributed by atoms with E-state index in [2.05, 4.69) is 0 Å². The van der Waals surface area contributed by atoms with Gasteiger partial charge >= 0.3 is 0 Å². The summed E-state index contributed by atoms with van der Waals surface area (Å²) in [5.74, 6) is -0.132. The predicted octanol–water partition coefficient (Wildman–Crippen LogP) is 1.82. The average molecular weight is 288 g/mol. The quantitative estimate of drug-likeness (QED) is 0.482. The molecule has 1 aromatic rings. The largest absolute Gasteiger partial charge is 0.307 e. The van der Waals surface area contributed by atoms with Crippen LogP contribution in [0.1, 0.15) is 12.0 Å². The molecule has 0 N–H and O–H groups in total. The Kier molecular flexibility index (Phi) is 3.05. The van der Waals surface area contributed by atoms with E-state index < -0.39 is 14.8 Å². The van der Waals surface area contributed by atoms with Gasteiger partial charge in [-0.2, -0.15) is 5.26 Å². The Hall–Kier alpha value is -1.58. The van der Waals surface area contributed by atoms with E-state index in [0.717, 1.165) is 16.8 Å². The maximum absolute atomic E-state index is 11.8. The van der Waals surface area contributed by atoms with E-state index >= 15 is 0 Å². The molecule has 0 spiro atoms. The number of hydrogen-bond acceptors (Lipinski definition) is 4. The third kappa shape index (κ3) is 2.33. The number of nitro groups is 1. The lowest BCUT2D eigenvalue weighted by Crippen LogP contribution is -2.24. The van der Waals surface area contributed by atoms with Crippen LogP contribution in [0.3, 0.4) is 0 Å². The van der Waals surface area contributed by atoms with Gasteiger partial charge in [-0.3, -0.25) is 14.9 Å². The molecule has 2 rings (SSSR count). The molecular formula is C10H7Cl2N3O3. The van der Waals surface area contributed by atoms with Crippen molar-refractivity contribution in [3.63, 3.8) is 0 Å². The van der Waals surface area contributed by atoms with E-state index in [4.69, 9.17) is 28.5 Å². The molecule has 0 radical (unpaired) electrons. The zero-order valence-corrected chi connectivity index (χ0v) is 10.5. The third-order valence-electron chi connectivity index (χ3n) is 2.78. The van der Waals surface area contributed by atoms with E-state index in [1.54, 1.807) is 6.07 Å². The molecule has 1 atom stereocenters. The minimum Gasteiger partial charge on any atom is -0.307 e. The first-order valence-corrected chi connectivity index (χ1v) is 5.77. The first-order chi connectivity index (χ1) is 8.35. The molecule has 0 aliphatic heterocycles. The van der Waals surface area contributed by atoms with Crippen molar-refractivity contribution >= 4 is 28.9 Å². The summed E-state index contributed by atoms with van der Waals surface area (Å²) in [7, 11) is 0. The number of rotatable bonds is 3. The van der Waals surface area contributed by atoms with Gasteiger partial charge in [-0.05, 0) is 6.42 Å². The lowest BCUT2D eigenvalue weighted by atomic mass is 10.2. The standard InChI is InChI=1S/C10H7Cl2N3O3/c11-10(12)2-7(10)4-14-5-8(15(17)18)1-6(3-13)9(14)16/h1,5,7H,2,4H2/t7-/m1/s1. The van der Waals surface area contributed by atoms with Gasteiger partial charge in [0.05, 0.1) is 11.1 Å². The molecule has 1 saturated carbocycles. The minimum atomic E-state index is -0.878. The van der Waals surface area contributed by atoms with E-state index in [-0.39, 0.29) is 23.7 Å². The van der Waals surface area contributed by atoms with Crippen molar-refractivity contribution in [3.05, 3.63) is 38.3 Å². The minimum absolute atomic E-state index is 0.132. The van der Waals surface area contributed by atoms with Crippen LogP contribution in [0.4, 0.5) is 5.69 Å². The summed E-state index contributed by atoms with van der Waals surface area (Å²) in [6, 6.07) is 2.60. The molecule has 1 heterocycles. The number of nitriles is 1. The molecule has 1 fully saturated rings. The molecule has 0 bridgehead atoms. The second-order valence-electron chi connectivity index (χ2n) is 4.10. The lowest BCUT2D eigenvalue weighted by Gasteiger charge is -2.05. The van der Waals surface area contributed by atoms with E-state index in [1.807, 2.05) is 0 Å². The van der Waals surface area contributed by atoms with E-state index in [9.17, 15) is 14.9 Å². The van der Waals surface area contributed by atoms with Crippen LogP contribution < -0.4 is 5.56 Å². The predicted molar refractivity (Wildman–Crippen MR) is 64.6 cm³/mol. The first-order valence-electron chi connectivity index (χ1n) is 5.02. The Morgan fingerprint density at radius 2 is 2.28 bits per heavy atom. The van der Waals surface area contributed by atoms with Gasteiger partial charge in [-0.25, -0.2) is 0 Å². The van der Waals surface area contributed by atoms with Gasteiger partial charge in [0, 0.05) is 18.5 Å². The van der Waals surface area contributed by atoms with Crippen LogP contribution in [-0.2, 0) is 6.54 Å². The Balaban J connectivity index is 2.40. The molecule has 8 heteroatoms. The van der Waals surface area contributed by atoms with Crippen LogP contribution in [0.2, 0.25) is 0 Å². The fourth-order valence-electron chi connectivity index (χ4n) is 1.64. The Labute approximate surface area is 111 Å². The highest BCUT2D eigenvalue weighted by atomic mass is 35.5. The van der Waals surface area contributed by atoms with Crippen molar-refractivity contribution in [2.45, 2.75) is 17.3 Å². The molecule has 0 saturated heterocycles. The first kappa shape index (κ1) is 12.9. The monoisotopic (exact) mass is 287 g/mol. The Morgan fingerprint density at radius 3 is 2.72 bits per heavy atom. The summed E-state index contributed by atoms with van der Waals surface area (Å²) in [5.41, 5.74) is -1.14. The number of hydrogen-bond donors (Lipinski definition) is 0. The van der Waals surface area contributed by atoms with Crippen molar-refractivity contribution in [3.8, 4) is 6.07 Å². The molecule has 0 amide bonds. The van der Waals surface area contributed by atoms with Gasteiger partial charge in [0.25, 0.3) is 11.2 Å². The van der Waals surface area contributed by atoms with Crippen LogP contribution in [-0.4, -0.2) is 13.8 Å². The molecule has 1 aromatic heterocycles. The van der Waals surface area contributed by atoms with Gasteiger partial charge in [0.15, 0.2) is 0 Å². The second-order valence-corrected chi connectivity index (χ2v) is 5.64. The topological polar surface area (TPSA) is 88.9 Å². The van der Waals surface area contributed by atoms with E-state index in [0.29, 0.717) is 6.42 Å². The summed E-state index contributed by atoms with van der Waals surface area (Å²) in [5, 5.41) is 19.5. The zero-order valence-electron chi connectivity index (χ0n) is 8.97. The highest BCUT2D eigenvalue weighted by Gasteiger charge is 2.51. The van der Waals surface area contributed by atoms with Crippen LogP contribution in [0.25, 0.3) is 0 Å². The highest BCUT2D eigenvalue weighted by molar-refractivity contribution is 6.50. The third-order valence-corrected chi connectivity index (χ3v) is 3.70. The molecule has 6 nitrogen and oxygen atoms in total. The van der Waals surface area contributed by atoms with E-state index in [1.165, 1.54) is 0 Å². The molecular weight excluding hydrogens is 281 g/mol. The summed E-state index contributed by atoms with van der Waals surface area (Å²) in [6.45, 7) is 0.169. The summed E-state index contributed by atoms with van der Waals surface area (Å²) < 4.78 is 0.241. The highest BCUT2D eigenvalue weighted by Crippen LogP contribution is 2.53. The summed E-state index contributed by atoms with van der Waals surface area (Å²) >= 11 is 11.7. The number of nitrogens with zero attached hydrogens (tertiary/aromatic N) is 3. The maximum Gasteiger partial charge on any atom is 0.287 e. The van der Waals surface area contributed by atoms with Crippen molar-refractivity contribution in [2.24, 2.45) is 5.92 Å². The molecule has 18 heavy (non-hydrogen) atoms. The fraction of sp³-hybridized carbons (Fsp3) is 0.400. The van der Waals surface area contributed by atoms with Gasteiger partial charge in [-0.1, -0.05) is 0 Å². The van der Waals surface area contributed by atoms with Gasteiger partial charge < -0.3 is 4.57 Å². The summed E-state index contributed by atoms with van der Waals surface area (Å²) in [6.07, 6.45) is 1.62. The number of aromatic nitrogens is 1. The molecule has 0 aromatic carbocycles. The van der Waals surface area contributed by atoms with Crippen molar-refractivity contribution in [1.82, 2.24) is 4.57 Å². The normalized spacial score (nSPS) is 20.2. The Bertz CT molecular complexity index is 618. The number of alkyl halides is 2. The average Bonchev–Trinajstić information content (AvgIpc) is 2.88. The maximum atomic E-state index is 11.8. The number of halogens is 2. The molecule has 94 valence electrons. The lowest BCUT2D eigenvalue weighted by molar-refractivity contribution is -0.385. The van der Waals surface area contributed by atoms with Crippen molar-refractivity contribution in [1.29, 1.82) is 5.26 Å². The number of pyridine rings is 1. The van der Waals surface area contributed by atoms with Crippen LogP contribution in [0.5, 0.6) is 0 Å². The molecule has 0 unspecified atom stereocenters. The zero-order chi connectivity index (χ0) is 13.5. The summed E-state index contributed by atoms with van der Waals surface area (Å²) in [4.78, 5) is 21.8. The van der Waals surface area contributed by atoms with Crippen LogP contribution >= 0.6 is 23.2 Å². The fourth-order valence-corrected chi connectivity index (χ4v) is 2.15. The van der Waals surface area contributed by atoms with Crippen molar-refractivity contribution < 1.29 is 4.92 Å². The molecule has 1 aliphatic rings. The van der Waals surface area contributed by atoms with Gasteiger partial charge in [0.2, 0.25) is 0 Å². The van der Waals surface area contributed by atoms with Gasteiger partial charge in [-0.15, -0.1) is 23.2 Å². The van der Waals surface area contributed by atoms with Crippen LogP contribution in [0.15, 0.2) is 17.1 Å². The van der Waals surface area contributed by atoms with Crippen molar-refractivity contribution in [2.75, 3.05) is 0 Å². The van der Waals surface area contributed by atoms with Crippen LogP contribution in [0, 0.1) is 27.4 Å².